The highest BCUT2D eigenvalue weighted by Crippen LogP contribution is 2.18. The molecule has 1 amide bonds. The number of aromatic nitrogens is 2. The Kier molecular flexibility index (Phi) is 5.21. The van der Waals surface area contributed by atoms with Gasteiger partial charge in [0.05, 0.1) is 23.8 Å². The summed E-state index contributed by atoms with van der Waals surface area (Å²) >= 11 is 0. The average molecular weight is 347 g/mol. The van der Waals surface area contributed by atoms with E-state index in [0.29, 0.717) is 12.1 Å². The largest absolute Gasteiger partial charge is 0.345 e. The van der Waals surface area contributed by atoms with Crippen molar-refractivity contribution in [3.05, 3.63) is 88.2 Å². The Hall–Kier alpha value is -2.88. The first-order valence-corrected chi connectivity index (χ1v) is 8.91. The number of hydrogen-bond donors (Lipinski definition) is 1. The first-order chi connectivity index (χ1) is 12.5. The van der Waals surface area contributed by atoms with E-state index in [1.165, 1.54) is 11.1 Å². The Morgan fingerprint density at radius 3 is 2.35 bits per heavy atom. The maximum atomic E-state index is 12.8. The number of aryl methyl sites for hydroxylation is 2. The lowest BCUT2D eigenvalue weighted by atomic mass is 10.1. The van der Waals surface area contributed by atoms with Gasteiger partial charge in [0.15, 0.2) is 0 Å². The lowest BCUT2D eigenvalue weighted by molar-refractivity contribution is 0.0938. The highest BCUT2D eigenvalue weighted by molar-refractivity contribution is 5.96. The van der Waals surface area contributed by atoms with Crippen molar-refractivity contribution in [1.29, 1.82) is 0 Å². The molecular formula is C22H25N3O. The van der Waals surface area contributed by atoms with E-state index in [1.54, 1.807) is 0 Å². The predicted octanol–water partition coefficient (Wildman–Crippen LogP) is 4.35. The van der Waals surface area contributed by atoms with Gasteiger partial charge in [0.2, 0.25) is 0 Å². The summed E-state index contributed by atoms with van der Waals surface area (Å²) in [7, 11) is 0. The first-order valence-electron chi connectivity index (χ1n) is 8.91. The van der Waals surface area contributed by atoms with Crippen molar-refractivity contribution >= 4 is 5.91 Å². The Bertz CT molecular complexity index is 895. The van der Waals surface area contributed by atoms with Crippen molar-refractivity contribution in [3.8, 4) is 0 Å². The normalized spacial score (nSPS) is 12.0. The van der Waals surface area contributed by atoms with Gasteiger partial charge in [-0.3, -0.25) is 9.48 Å². The van der Waals surface area contributed by atoms with Crippen LogP contribution < -0.4 is 5.32 Å². The van der Waals surface area contributed by atoms with E-state index in [4.69, 9.17) is 0 Å². The highest BCUT2D eigenvalue weighted by Gasteiger charge is 2.20. The van der Waals surface area contributed by atoms with Gasteiger partial charge in [0.25, 0.3) is 5.91 Å². The van der Waals surface area contributed by atoms with Crippen LogP contribution in [-0.2, 0) is 6.54 Å². The van der Waals surface area contributed by atoms with Crippen molar-refractivity contribution in [1.82, 2.24) is 15.1 Å². The number of nitrogens with one attached hydrogen (secondary N) is 1. The third-order valence-electron chi connectivity index (χ3n) is 4.71. The molecule has 0 radical (unpaired) electrons. The van der Waals surface area contributed by atoms with E-state index in [1.807, 2.05) is 55.8 Å². The maximum absolute atomic E-state index is 12.8. The van der Waals surface area contributed by atoms with Gasteiger partial charge in [0, 0.05) is 5.69 Å². The van der Waals surface area contributed by atoms with Crippen molar-refractivity contribution in [2.24, 2.45) is 0 Å². The van der Waals surface area contributed by atoms with Crippen LogP contribution in [0.4, 0.5) is 0 Å². The Morgan fingerprint density at radius 2 is 1.69 bits per heavy atom. The molecule has 0 bridgehead atoms. The molecule has 0 spiro atoms. The van der Waals surface area contributed by atoms with Gasteiger partial charge in [-0.2, -0.15) is 5.10 Å². The molecule has 0 aliphatic heterocycles. The van der Waals surface area contributed by atoms with Crippen LogP contribution in [0.25, 0.3) is 0 Å². The SMILES string of the molecule is Cc1ccc(Cn2nc(C)c(C(=O)NC(C)c3ccccc3)c2C)cc1. The minimum atomic E-state index is -0.0773. The van der Waals surface area contributed by atoms with Crippen molar-refractivity contribution in [3.63, 3.8) is 0 Å². The van der Waals surface area contributed by atoms with Gasteiger partial charge in [-0.1, -0.05) is 60.2 Å². The molecule has 1 aromatic heterocycles. The number of amides is 1. The highest BCUT2D eigenvalue weighted by atomic mass is 16.1. The first kappa shape index (κ1) is 17.9. The molecule has 0 saturated heterocycles. The second-order valence-electron chi connectivity index (χ2n) is 6.79. The fourth-order valence-corrected chi connectivity index (χ4v) is 3.14. The molecule has 1 heterocycles. The topological polar surface area (TPSA) is 46.9 Å². The summed E-state index contributed by atoms with van der Waals surface area (Å²) in [5, 5.41) is 7.67. The van der Waals surface area contributed by atoms with Gasteiger partial charge in [-0.15, -0.1) is 0 Å². The van der Waals surface area contributed by atoms with Crippen LogP contribution in [0, 0.1) is 20.8 Å². The van der Waals surface area contributed by atoms with E-state index in [9.17, 15) is 4.79 Å². The van der Waals surface area contributed by atoms with Crippen molar-refractivity contribution in [2.75, 3.05) is 0 Å². The summed E-state index contributed by atoms with van der Waals surface area (Å²) in [6.45, 7) is 8.57. The van der Waals surface area contributed by atoms with E-state index in [-0.39, 0.29) is 11.9 Å². The summed E-state index contributed by atoms with van der Waals surface area (Å²) in [4.78, 5) is 12.8. The summed E-state index contributed by atoms with van der Waals surface area (Å²) in [5.41, 5.74) is 5.80. The number of rotatable bonds is 5. The maximum Gasteiger partial charge on any atom is 0.255 e. The summed E-state index contributed by atoms with van der Waals surface area (Å²) in [6, 6.07) is 18.3. The molecule has 26 heavy (non-hydrogen) atoms. The van der Waals surface area contributed by atoms with E-state index in [2.05, 4.69) is 41.6 Å². The van der Waals surface area contributed by atoms with E-state index in [0.717, 1.165) is 17.0 Å². The van der Waals surface area contributed by atoms with Gasteiger partial charge < -0.3 is 5.32 Å². The van der Waals surface area contributed by atoms with Crippen LogP contribution in [0.2, 0.25) is 0 Å². The molecule has 1 unspecified atom stereocenters. The Morgan fingerprint density at radius 1 is 1.04 bits per heavy atom. The molecule has 0 saturated carbocycles. The lowest BCUT2D eigenvalue weighted by Crippen LogP contribution is -2.27. The number of hydrogen-bond acceptors (Lipinski definition) is 2. The number of carbonyl (C=O) groups excluding carboxylic acids is 1. The molecule has 4 nitrogen and oxygen atoms in total. The van der Waals surface area contributed by atoms with E-state index < -0.39 is 0 Å². The molecule has 134 valence electrons. The lowest BCUT2D eigenvalue weighted by Gasteiger charge is -2.14. The average Bonchev–Trinajstić information content (AvgIpc) is 2.91. The molecule has 0 aliphatic carbocycles. The third-order valence-corrected chi connectivity index (χ3v) is 4.71. The van der Waals surface area contributed by atoms with Crippen LogP contribution in [0.1, 0.15) is 51.4 Å². The molecule has 3 aromatic rings. The zero-order valence-electron chi connectivity index (χ0n) is 15.8. The molecule has 3 rings (SSSR count). The fraction of sp³-hybridized carbons (Fsp3) is 0.273. The minimum absolute atomic E-state index is 0.0528. The molecular weight excluding hydrogens is 322 g/mol. The minimum Gasteiger partial charge on any atom is -0.345 e. The van der Waals surface area contributed by atoms with Crippen LogP contribution >= 0.6 is 0 Å². The van der Waals surface area contributed by atoms with Crippen LogP contribution in [0.5, 0.6) is 0 Å². The molecule has 4 heteroatoms. The van der Waals surface area contributed by atoms with E-state index >= 15 is 0 Å². The Labute approximate surface area is 154 Å². The van der Waals surface area contributed by atoms with Gasteiger partial charge >= 0.3 is 0 Å². The van der Waals surface area contributed by atoms with Crippen LogP contribution in [0.3, 0.4) is 0 Å². The predicted molar refractivity (Wildman–Crippen MR) is 104 cm³/mol. The quantitative estimate of drug-likeness (QED) is 0.746. The number of nitrogens with zero attached hydrogens (tertiary/aromatic N) is 2. The zero-order valence-corrected chi connectivity index (χ0v) is 15.8. The summed E-state index contributed by atoms with van der Waals surface area (Å²) in [5.74, 6) is -0.0773. The van der Waals surface area contributed by atoms with Crippen LogP contribution in [-0.4, -0.2) is 15.7 Å². The molecule has 0 fully saturated rings. The smallest absolute Gasteiger partial charge is 0.255 e. The molecule has 0 aliphatic rings. The second kappa shape index (κ2) is 7.56. The second-order valence-corrected chi connectivity index (χ2v) is 6.79. The number of benzene rings is 2. The monoisotopic (exact) mass is 347 g/mol. The van der Waals surface area contributed by atoms with Gasteiger partial charge in [0.1, 0.15) is 0 Å². The fourth-order valence-electron chi connectivity index (χ4n) is 3.14. The zero-order chi connectivity index (χ0) is 18.7. The van der Waals surface area contributed by atoms with Gasteiger partial charge in [-0.25, -0.2) is 0 Å². The number of carbonyl (C=O) groups is 1. The van der Waals surface area contributed by atoms with Crippen LogP contribution in [0.15, 0.2) is 54.6 Å². The summed E-state index contributed by atoms with van der Waals surface area (Å²) in [6.07, 6.45) is 0. The third kappa shape index (κ3) is 3.85. The Balaban J connectivity index is 1.78. The van der Waals surface area contributed by atoms with Crippen molar-refractivity contribution < 1.29 is 4.79 Å². The standard InChI is InChI=1S/C22H25N3O/c1-15-10-12-19(13-11-15)14-25-18(4)21(17(3)24-25)22(26)23-16(2)20-8-6-5-7-9-20/h5-13,16H,14H2,1-4H3,(H,23,26). The molecule has 2 aromatic carbocycles. The van der Waals surface area contributed by atoms with Crippen molar-refractivity contribution in [2.45, 2.75) is 40.3 Å². The van der Waals surface area contributed by atoms with Gasteiger partial charge in [-0.05, 0) is 38.8 Å². The summed E-state index contributed by atoms with van der Waals surface area (Å²) < 4.78 is 1.90. The molecule has 1 atom stereocenters. The molecule has 1 N–H and O–H groups in total.